The van der Waals surface area contributed by atoms with Crippen molar-refractivity contribution in [2.24, 2.45) is 0 Å². The van der Waals surface area contributed by atoms with Crippen molar-refractivity contribution in [1.82, 2.24) is 0 Å². The van der Waals surface area contributed by atoms with Crippen molar-refractivity contribution < 1.29 is 37.6 Å². The summed E-state index contributed by atoms with van der Waals surface area (Å²) >= 11 is 0. The Bertz CT molecular complexity index is 3600. The van der Waals surface area contributed by atoms with Gasteiger partial charge >= 0.3 is 0 Å². The van der Waals surface area contributed by atoms with Gasteiger partial charge in [0.15, 0.2) is 0 Å². The van der Waals surface area contributed by atoms with Gasteiger partial charge in [-0.3, -0.25) is 0 Å². The lowest BCUT2D eigenvalue weighted by atomic mass is 9.83. The van der Waals surface area contributed by atoms with Crippen molar-refractivity contribution in [2.45, 2.75) is 0 Å². The third kappa shape index (κ3) is 3.65. The fourth-order valence-corrected chi connectivity index (χ4v) is 5.40. The molecule has 1 heteroatoms. The van der Waals surface area contributed by atoms with Crippen LogP contribution >= 0.6 is 0 Å². The fourth-order valence-electron chi connectivity index (χ4n) is 5.40. The summed E-state index contributed by atoms with van der Waals surface area (Å²) in [5.74, 6) is -0.641. The lowest BCUT2D eigenvalue weighted by Crippen LogP contribution is -1.98. The molecule has 8 aromatic carbocycles. The Labute approximate surface area is 284 Å². The van der Waals surface area contributed by atoms with Gasteiger partial charge in [0.25, 0.3) is 0 Å². The van der Waals surface area contributed by atoms with Crippen LogP contribution in [0.25, 0.3) is 76.8 Å². The summed E-state index contributed by atoms with van der Waals surface area (Å²) in [6.45, 7) is 0. The normalized spacial score (nSPS) is 19.7. The lowest BCUT2D eigenvalue weighted by Gasteiger charge is -2.24. The number of fused-ring (bicyclic) bond motifs is 4. The topological polar surface area (TPSA) is 9.23 Å². The Hall–Kier alpha value is -5.66. The largest absolute Gasteiger partial charge is 0.456 e. The third-order valence-electron chi connectivity index (χ3n) is 7.15. The molecule has 1 heterocycles. The highest BCUT2D eigenvalue weighted by Gasteiger charge is 2.23. The molecule has 0 saturated carbocycles. The number of benzene rings is 8. The molecule has 0 saturated heterocycles. The van der Waals surface area contributed by atoms with Crippen molar-refractivity contribution in [3.8, 4) is 56.0 Å². The molecular formula is C42H26O. The summed E-state index contributed by atoms with van der Waals surface area (Å²) in [6, 6.07) is -17.9. The SMILES string of the molecule is [2H]c1cc2c(c([2H])c1[2H])-c1c([2H])c([2H])c(-c3c4c([2H])c([2H])c([2H])c([2H])c4c(-c4c([2H])c([2H])c([2H])c(-c5c([2H])c([2H])c([2H])c([2H])c5[2H])c4[2H])c4c([2H])c([2H])c([2H])c([2H])c34)c3cc([2H])c([2H])c(c13)O2. The van der Waals surface area contributed by atoms with Gasteiger partial charge in [-0.05, 0) is 84.0 Å². The molecule has 43 heavy (non-hydrogen) atoms. The van der Waals surface area contributed by atoms with E-state index in [0.717, 1.165) is 12.1 Å². The van der Waals surface area contributed by atoms with Gasteiger partial charge in [-0.1, -0.05) is 139 Å². The zero-order valence-corrected chi connectivity index (χ0v) is 21.6. The van der Waals surface area contributed by atoms with E-state index >= 15 is 0 Å². The van der Waals surface area contributed by atoms with Gasteiger partial charge in [-0.25, -0.2) is 0 Å². The Morgan fingerprint density at radius 2 is 1.00 bits per heavy atom. The standard InChI is InChI=1S/C42H26O/c1-2-12-27(13-3-1)28-14-10-15-29(26-28)40-31-17-4-6-19-33(31)41(34-20-7-5-18-32(34)40)37-25-24-36-30-16-8-9-22-38(30)43-39-23-11-21-35(37)42(36)39/h1-26H/i1D,2D,3D,4D,5D,6D,7D,8D,9D,10D,11D,12D,13D,14D,15D,16D,17D,18D,19D,20D,23D,24D,25D,26D. The average Bonchev–Trinajstić information content (AvgIpc) is 3.29. The number of hydrogen-bond acceptors (Lipinski definition) is 1. The summed E-state index contributed by atoms with van der Waals surface area (Å²) in [5, 5.41) is -3.02. The average molecular weight is 571 g/mol. The second-order valence-electron chi connectivity index (χ2n) is 9.41. The van der Waals surface area contributed by atoms with Crippen LogP contribution in [0, 0.1) is 0 Å². The minimum Gasteiger partial charge on any atom is -0.456 e. The summed E-state index contributed by atoms with van der Waals surface area (Å²) in [5.41, 5.74) is -4.52. The van der Waals surface area contributed by atoms with Gasteiger partial charge < -0.3 is 4.74 Å². The molecule has 0 bridgehead atoms. The molecule has 0 fully saturated rings. The van der Waals surface area contributed by atoms with Crippen LogP contribution in [0.4, 0.5) is 0 Å². The van der Waals surface area contributed by atoms with Crippen LogP contribution in [-0.4, -0.2) is 0 Å². The summed E-state index contributed by atoms with van der Waals surface area (Å²) in [7, 11) is 0. The van der Waals surface area contributed by atoms with E-state index in [0.29, 0.717) is 0 Å². The maximum absolute atomic E-state index is 9.68. The molecule has 0 unspecified atom stereocenters. The van der Waals surface area contributed by atoms with E-state index < -0.39 is 206 Å². The molecule has 1 aliphatic rings. The van der Waals surface area contributed by atoms with Crippen LogP contribution in [0.3, 0.4) is 0 Å². The third-order valence-corrected chi connectivity index (χ3v) is 7.15. The van der Waals surface area contributed by atoms with Crippen LogP contribution in [0.15, 0.2) is 157 Å². The fraction of sp³-hybridized carbons (Fsp3) is 0. The highest BCUT2D eigenvalue weighted by Crippen LogP contribution is 2.51. The van der Waals surface area contributed by atoms with E-state index in [1.165, 1.54) is 0 Å². The first-order valence-electron chi connectivity index (χ1n) is 24.8. The second-order valence-corrected chi connectivity index (χ2v) is 9.41. The van der Waals surface area contributed by atoms with Gasteiger partial charge in [0.1, 0.15) is 11.5 Å². The minimum absolute atomic E-state index is 0.197. The van der Waals surface area contributed by atoms with Crippen molar-refractivity contribution >= 4 is 32.3 Å². The Morgan fingerprint density at radius 3 is 1.77 bits per heavy atom. The molecule has 1 nitrogen and oxygen atoms in total. The predicted molar refractivity (Wildman–Crippen MR) is 181 cm³/mol. The Balaban J connectivity index is 1.61. The van der Waals surface area contributed by atoms with Gasteiger partial charge in [-0.15, -0.1) is 0 Å². The number of rotatable bonds is 3. The van der Waals surface area contributed by atoms with Crippen LogP contribution in [0.1, 0.15) is 32.9 Å². The number of ether oxygens (including phenoxy) is 1. The van der Waals surface area contributed by atoms with Crippen molar-refractivity contribution in [1.29, 1.82) is 0 Å². The van der Waals surface area contributed by atoms with E-state index in [4.69, 9.17) is 26.7 Å². The lowest BCUT2D eigenvalue weighted by molar-refractivity contribution is 0.487. The van der Waals surface area contributed by atoms with Crippen LogP contribution in [0.5, 0.6) is 11.5 Å². The zero-order chi connectivity index (χ0) is 49.2. The molecule has 0 amide bonds. The first kappa shape index (κ1) is 10.3. The van der Waals surface area contributed by atoms with Crippen LogP contribution in [-0.2, 0) is 0 Å². The quantitative estimate of drug-likeness (QED) is 0.192. The molecular weight excluding hydrogens is 520 g/mol. The molecule has 0 spiro atoms. The van der Waals surface area contributed by atoms with Crippen molar-refractivity contribution in [3.05, 3.63) is 157 Å². The van der Waals surface area contributed by atoms with Crippen molar-refractivity contribution in [3.63, 3.8) is 0 Å². The molecule has 0 N–H and O–H groups in total. The Morgan fingerprint density at radius 1 is 0.372 bits per heavy atom. The molecule has 0 aliphatic carbocycles. The van der Waals surface area contributed by atoms with E-state index in [1.807, 2.05) is 0 Å². The molecule has 0 aromatic heterocycles. The minimum atomic E-state index is -1.01. The molecule has 200 valence electrons. The maximum Gasteiger partial charge on any atom is 0.135 e. The second kappa shape index (κ2) is 9.44. The summed E-state index contributed by atoms with van der Waals surface area (Å²) in [4.78, 5) is 0. The molecule has 8 aromatic rings. The first-order valence-corrected chi connectivity index (χ1v) is 12.8. The van der Waals surface area contributed by atoms with Crippen molar-refractivity contribution in [2.75, 3.05) is 0 Å². The maximum atomic E-state index is 9.68. The summed E-state index contributed by atoms with van der Waals surface area (Å²) in [6.07, 6.45) is 0. The van der Waals surface area contributed by atoms with Gasteiger partial charge in [0.05, 0.1) is 32.9 Å². The molecule has 0 atom stereocenters. The predicted octanol–water partition coefficient (Wildman–Crippen LogP) is 11.9. The zero-order valence-electron chi connectivity index (χ0n) is 45.6. The molecule has 9 rings (SSSR count). The monoisotopic (exact) mass is 570 g/mol. The Kier molecular flexibility index (Phi) is 2.25. The van der Waals surface area contributed by atoms with Crippen LogP contribution in [0.2, 0.25) is 0 Å². The van der Waals surface area contributed by atoms with Gasteiger partial charge in [-0.2, -0.15) is 0 Å². The van der Waals surface area contributed by atoms with E-state index in [1.54, 1.807) is 0 Å². The highest BCUT2D eigenvalue weighted by molar-refractivity contribution is 6.24. The number of para-hydroxylation sites is 1. The summed E-state index contributed by atoms with van der Waals surface area (Å²) < 4.78 is 220. The van der Waals surface area contributed by atoms with E-state index in [9.17, 15) is 11.0 Å². The van der Waals surface area contributed by atoms with Gasteiger partial charge in [0, 0.05) is 10.9 Å². The smallest absolute Gasteiger partial charge is 0.135 e. The van der Waals surface area contributed by atoms with Gasteiger partial charge in [0.2, 0.25) is 0 Å². The van der Waals surface area contributed by atoms with E-state index in [2.05, 4.69) is 0 Å². The highest BCUT2D eigenvalue weighted by atomic mass is 16.5. The van der Waals surface area contributed by atoms with Crippen LogP contribution < -0.4 is 4.74 Å². The van der Waals surface area contributed by atoms with E-state index in [-0.39, 0.29) is 27.6 Å². The molecule has 0 radical (unpaired) electrons. The first-order chi connectivity index (χ1) is 31.3. The molecule has 1 aliphatic heterocycles. The number of hydrogen-bond donors (Lipinski definition) is 0.